The standard InChI is InChI=1S/C37H40F2N2O4/c1-36(2,3)45-35(44)37(17-18-37)20-24-7-6-10-27(19-24)40-33(42)31(25-8-4-5-9-25)26-13-11-23(12-14-26)21-41-22-28-29(38)15-16-30(39)32(28)34(41)43/h6-7,10-16,19,22,25,31,43H,4-5,8-9,17-18,20-21H2,1-3H3,(H,40,42). The number of aromatic hydroxyl groups is 1. The highest BCUT2D eigenvalue weighted by atomic mass is 19.1. The summed E-state index contributed by atoms with van der Waals surface area (Å²) in [5.74, 6) is -1.95. The average Bonchev–Trinajstić information content (AvgIpc) is 3.41. The first-order valence-corrected chi connectivity index (χ1v) is 15.8. The van der Waals surface area contributed by atoms with Gasteiger partial charge in [-0.05, 0) is 99.7 Å². The van der Waals surface area contributed by atoms with Crippen LogP contribution in [0.2, 0.25) is 0 Å². The van der Waals surface area contributed by atoms with Crippen molar-refractivity contribution in [1.82, 2.24) is 4.57 Å². The smallest absolute Gasteiger partial charge is 0.312 e. The fraction of sp³-hybridized carbons (Fsp3) is 0.405. The van der Waals surface area contributed by atoms with Gasteiger partial charge in [-0.15, -0.1) is 0 Å². The van der Waals surface area contributed by atoms with Crippen LogP contribution in [0.4, 0.5) is 14.5 Å². The number of nitrogens with one attached hydrogen (secondary N) is 1. The third-order valence-corrected chi connectivity index (χ3v) is 9.19. The number of halogens is 2. The van der Waals surface area contributed by atoms with Gasteiger partial charge in [0.05, 0.1) is 23.3 Å². The molecule has 1 unspecified atom stereocenters. The number of rotatable bonds is 9. The highest BCUT2D eigenvalue weighted by molar-refractivity contribution is 5.96. The largest absolute Gasteiger partial charge is 0.494 e. The second-order valence-electron chi connectivity index (χ2n) is 13.8. The van der Waals surface area contributed by atoms with Crippen molar-refractivity contribution in [1.29, 1.82) is 0 Å². The van der Waals surface area contributed by atoms with Gasteiger partial charge in [0.1, 0.15) is 17.2 Å². The number of carbonyl (C=O) groups is 2. The van der Waals surface area contributed by atoms with E-state index in [2.05, 4.69) is 5.32 Å². The molecule has 1 atom stereocenters. The number of esters is 1. The highest BCUT2D eigenvalue weighted by Crippen LogP contribution is 2.50. The molecular weight excluding hydrogens is 574 g/mol. The molecule has 2 N–H and O–H groups in total. The zero-order valence-corrected chi connectivity index (χ0v) is 26.0. The number of carbonyl (C=O) groups excluding carboxylic acids is 2. The van der Waals surface area contributed by atoms with Gasteiger partial charge in [0, 0.05) is 17.3 Å². The molecule has 0 bridgehead atoms. The van der Waals surface area contributed by atoms with E-state index in [-0.39, 0.29) is 46.9 Å². The van der Waals surface area contributed by atoms with Crippen LogP contribution in [-0.4, -0.2) is 27.2 Å². The lowest BCUT2D eigenvalue weighted by molar-refractivity contribution is -0.161. The number of hydrogen-bond donors (Lipinski definition) is 2. The van der Waals surface area contributed by atoms with Crippen LogP contribution >= 0.6 is 0 Å². The summed E-state index contributed by atoms with van der Waals surface area (Å²) in [7, 11) is 0. The molecule has 1 amide bonds. The Labute approximate surface area is 262 Å². The lowest BCUT2D eigenvalue weighted by Crippen LogP contribution is -2.30. The minimum Gasteiger partial charge on any atom is -0.494 e. The van der Waals surface area contributed by atoms with E-state index in [0.29, 0.717) is 12.1 Å². The van der Waals surface area contributed by atoms with Crippen molar-refractivity contribution in [3.63, 3.8) is 0 Å². The summed E-state index contributed by atoms with van der Waals surface area (Å²) in [5.41, 5.74) is 2.39. The van der Waals surface area contributed by atoms with Gasteiger partial charge in [-0.1, -0.05) is 49.2 Å². The van der Waals surface area contributed by atoms with Crippen molar-refractivity contribution in [2.75, 3.05) is 5.32 Å². The van der Waals surface area contributed by atoms with Crippen LogP contribution in [0.25, 0.3) is 10.8 Å². The Morgan fingerprint density at radius 3 is 2.33 bits per heavy atom. The molecule has 3 aromatic carbocycles. The maximum absolute atomic E-state index is 14.3. The number of ether oxygens (including phenoxy) is 1. The van der Waals surface area contributed by atoms with E-state index >= 15 is 0 Å². The molecule has 1 heterocycles. The predicted octanol–water partition coefficient (Wildman–Crippen LogP) is 8.25. The fourth-order valence-electron chi connectivity index (χ4n) is 6.72. The third kappa shape index (κ3) is 6.60. The molecule has 2 aliphatic carbocycles. The predicted molar refractivity (Wildman–Crippen MR) is 170 cm³/mol. The minimum atomic E-state index is -0.677. The Kier molecular flexibility index (Phi) is 8.18. The topological polar surface area (TPSA) is 80.6 Å². The zero-order valence-electron chi connectivity index (χ0n) is 26.0. The van der Waals surface area contributed by atoms with Crippen molar-refractivity contribution in [2.24, 2.45) is 11.3 Å². The molecule has 2 saturated carbocycles. The van der Waals surface area contributed by atoms with Gasteiger partial charge in [0.15, 0.2) is 0 Å². The van der Waals surface area contributed by atoms with Crippen LogP contribution in [0.5, 0.6) is 5.88 Å². The molecule has 0 saturated heterocycles. The summed E-state index contributed by atoms with van der Waals surface area (Å²) in [6.07, 6.45) is 7.70. The monoisotopic (exact) mass is 614 g/mol. The van der Waals surface area contributed by atoms with Gasteiger partial charge in [0.25, 0.3) is 0 Å². The van der Waals surface area contributed by atoms with Crippen molar-refractivity contribution >= 4 is 28.3 Å². The molecule has 2 aliphatic rings. The van der Waals surface area contributed by atoms with E-state index in [0.717, 1.165) is 67.3 Å². The van der Waals surface area contributed by atoms with Crippen molar-refractivity contribution < 1.29 is 28.2 Å². The van der Waals surface area contributed by atoms with Crippen LogP contribution in [-0.2, 0) is 27.3 Å². The van der Waals surface area contributed by atoms with E-state index in [9.17, 15) is 23.5 Å². The van der Waals surface area contributed by atoms with E-state index < -0.39 is 22.7 Å². The SMILES string of the molecule is CC(C)(C)OC(=O)C1(Cc2cccc(NC(=O)C(c3ccc(Cn4cc5c(F)ccc(F)c5c4O)cc3)C3CCCC3)c2)CC1. The molecule has 0 radical (unpaired) electrons. The lowest BCUT2D eigenvalue weighted by atomic mass is 9.83. The second-order valence-corrected chi connectivity index (χ2v) is 13.8. The first-order chi connectivity index (χ1) is 21.4. The fourth-order valence-corrected chi connectivity index (χ4v) is 6.72. The van der Waals surface area contributed by atoms with Gasteiger partial charge in [-0.2, -0.15) is 0 Å². The Balaban J connectivity index is 1.18. The Bertz CT molecular complexity index is 1730. The van der Waals surface area contributed by atoms with E-state index in [1.807, 2.05) is 69.3 Å². The average molecular weight is 615 g/mol. The van der Waals surface area contributed by atoms with Crippen LogP contribution < -0.4 is 5.32 Å². The van der Waals surface area contributed by atoms with Gasteiger partial charge in [-0.3, -0.25) is 9.59 Å². The van der Waals surface area contributed by atoms with Crippen molar-refractivity contribution in [3.8, 4) is 5.88 Å². The molecule has 0 aliphatic heterocycles. The Hall–Kier alpha value is -4.20. The molecule has 45 heavy (non-hydrogen) atoms. The summed E-state index contributed by atoms with van der Waals surface area (Å²) < 4.78 is 35.7. The van der Waals surface area contributed by atoms with Crippen molar-refractivity contribution in [3.05, 3.63) is 95.2 Å². The zero-order chi connectivity index (χ0) is 31.9. The second kappa shape index (κ2) is 12.0. The molecular formula is C37H40F2N2O4. The van der Waals surface area contributed by atoms with Gasteiger partial charge in [0.2, 0.25) is 11.8 Å². The number of nitrogens with zero attached hydrogens (tertiary/aromatic N) is 1. The summed E-state index contributed by atoms with van der Waals surface area (Å²) in [6.45, 7) is 5.86. The van der Waals surface area contributed by atoms with E-state index in [4.69, 9.17) is 4.74 Å². The summed E-state index contributed by atoms with van der Waals surface area (Å²) in [6, 6.07) is 17.5. The number of hydrogen-bond acceptors (Lipinski definition) is 4. The Morgan fingerprint density at radius 2 is 1.69 bits per heavy atom. The van der Waals surface area contributed by atoms with Gasteiger partial charge >= 0.3 is 5.97 Å². The highest BCUT2D eigenvalue weighted by Gasteiger charge is 2.52. The number of benzene rings is 3. The normalized spacial score (nSPS) is 16.9. The number of amides is 1. The maximum atomic E-state index is 14.3. The first-order valence-electron chi connectivity index (χ1n) is 15.8. The Morgan fingerprint density at radius 1 is 1.00 bits per heavy atom. The number of anilines is 1. The van der Waals surface area contributed by atoms with Crippen LogP contribution in [0.3, 0.4) is 0 Å². The van der Waals surface area contributed by atoms with Crippen LogP contribution in [0.1, 0.15) is 81.9 Å². The van der Waals surface area contributed by atoms with E-state index in [1.54, 1.807) is 0 Å². The molecule has 6 rings (SSSR count). The molecule has 236 valence electrons. The third-order valence-electron chi connectivity index (χ3n) is 9.19. The molecule has 8 heteroatoms. The minimum absolute atomic E-state index is 0.0308. The quantitative estimate of drug-likeness (QED) is 0.186. The van der Waals surface area contributed by atoms with Gasteiger partial charge < -0.3 is 19.7 Å². The molecule has 1 aromatic heterocycles. The summed E-state index contributed by atoms with van der Waals surface area (Å²) in [4.78, 5) is 26.7. The lowest BCUT2D eigenvalue weighted by Gasteiger charge is -2.24. The first kappa shape index (κ1) is 30.8. The molecule has 6 nitrogen and oxygen atoms in total. The molecule has 4 aromatic rings. The van der Waals surface area contributed by atoms with Crippen molar-refractivity contribution in [2.45, 2.75) is 83.8 Å². The number of fused-ring (bicyclic) bond motifs is 1. The number of aromatic nitrogens is 1. The van der Waals surface area contributed by atoms with Crippen LogP contribution in [0, 0.1) is 23.0 Å². The summed E-state index contributed by atoms with van der Waals surface area (Å²) >= 11 is 0. The van der Waals surface area contributed by atoms with Gasteiger partial charge in [-0.25, -0.2) is 8.78 Å². The maximum Gasteiger partial charge on any atom is 0.312 e. The summed E-state index contributed by atoms with van der Waals surface area (Å²) in [5, 5.41) is 13.6. The molecule has 2 fully saturated rings. The van der Waals surface area contributed by atoms with Crippen LogP contribution in [0.15, 0.2) is 66.9 Å². The molecule has 0 spiro atoms. The van der Waals surface area contributed by atoms with E-state index in [1.165, 1.54) is 10.8 Å².